The van der Waals surface area contributed by atoms with Crippen molar-refractivity contribution >= 4 is 11.6 Å². The lowest BCUT2D eigenvalue weighted by Crippen LogP contribution is -2.21. The van der Waals surface area contributed by atoms with Crippen molar-refractivity contribution in [3.8, 4) is 5.75 Å². The molecular weight excluding hydrogens is 284 g/mol. The highest BCUT2D eigenvalue weighted by molar-refractivity contribution is 6.32. The summed E-state index contributed by atoms with van der Waals surface area (Å²) in [5, 5.41) is 0.746. The summed E-state index contributed by atoms with van der Waals surface area (Å²) in [7, 11) is 2.17. The largest absolute Gasteiger partial charge is 0.491 e. The fourth-order valence-corrected chi connectivity index (χ4v) is 3.62. The van der Waals surface area contributed by atoms with E-state index >= 15 is 0 Å². The summed E-state index contributed by atoms with van der Waals surface area (Å²) in [6.45, 7) is 4.69. The highest BCUT2D eigenvalue weighted by Crippen LogP contribution is 2.42. The molecule has 2 atom stereocenters. The van der Waals surface area contributed by atoms with Crippen LogP contribution in [0.3, 0.4) is 0 Å². The highest BCUT2D eigenvalue weighted by atomic mass is 35.5. The van der Waals surface area contributed by atoms with E-state index in [2.05, 4.69) is 24.9 Å². The molecule has 2 unspecified atom stereocenters. The van der Waals surface area contributed by atoms with E-state index in [-0.39, 0.29) is 0 Å². The number of hydrogen-bond donors (Lipinski definition) is 1. The van der Waals surface area contributed by atoms with Crippen molar-refractivity contribution in [3.05, 3.63) is 28.3 Å². The maximum absolute atomic E-state index is 6.47. The molecule has 1 saturated heterocycles. The van der Waals surface area contributed by atoms with Crippen LogP contribution in [0.4, 0.5) is 0 Å². The molecule has 21 heavy (non-hydrogen) atoms. The van der Waals surface area contributed by atoms with Gasteiger partial charge in [0.25, 0.3) is 0 Å². The van der Waals surface area contributed by atoms with Crippen LogP contribution in [0.25, 0.3) is 0 Å². The van der Waals surface area contributed by atoms with Crippen LogP contribution < -0.4 is 10.5 Å². The number of likely N-dealkylation sites (tertiary alicyclic amines) is 1. The zero-order valence-corrected chi connectivity index (χ0v) is 13.7. The first-order valence-corrected chi connectivity index (χ1v) is 8.29. The molecule has 3 nitrogen and oxygen atoms in total. The molecule has 1 aliphatic heterocycles. The number of rotatable bonds is 5. The normalized spacial score (nSPS) is 26.3. The lowest BCUT2D eigenvalue weighted by Gasteiger charge is -2.24. The van der Waals surface area contributed by atoms with Gasteiger partial charge < -0.3 is 10.5 Å². The van der Waals surface area contributed by atoms with Gasteiger partial charge in [0.05, 0.1) is 11.6 Å². The zero-order chi connectivity index (χ0) is 15.0. The monoisotopic (exact) mass is 308 g/mol. The minimum atomic E-state index is 0.366. The molecule has 1 heterocycles. The Morgan fingerprint density at radius 2 is 2.10 bits per heavy atom. The molecule has 1 aromatic rings. The van der Waals surface area contributed by atoms with Crippen molar-refractivity contribution in [2.24, 2.45) is 17.6 Å². The topological polar surface area (TPSA) is 38.5 Å². The molecule has 0 radical (unpaired) electrons. The van der Waals surface area contributed by atoms with Crippen LogP contribution in [-0.2, 0) is 0 Å². The van der Waals surface area contributed by atoms with E-state index < -0.39 is 0 Å². The number of halogens is 1. The number of nitrogens with zero attached hydrogens (tertiary/aromatic N) is 1. The average molecular weight is 309 g/mol. The molecule has 2 N–H and O–H groups in total. The molecular formula is C17H25ClN2O. The zero-order valence-electron chi connectivity index (χ0n) is 12.9. The van der Waals surface area contributed by atoms with E-state index in [4.69, 9.17) is 22.1 Å². The van der Waals surface area contributed by atoms with Gasteiger partial charge in [-0.25, -0.2) is 0 Å². The fraction of sp³-hybridized carbons (Fsp3) is 0.647. The van der Waals surface area contributed by atoms with Crippen LogP contribution in [-0.4, -0.2) is 31.6 Å². The number of aryl methyl sites for hydroxylation is 1. The van der Waals surface area contributed by atoms with Crippen molar-refractivity contribution in [2.45, 2.75) is 32.2 Å². The summed E-state index contributed by atoms with van der Waals surface area (Å²) < 4.78 is 6.09. The van der Waals surface area contributed by atoms with Gasteiger partial charge in [-0.3, -0.25) is 4.90 Å². The third-order valence-corrected chi connectivity index (χ3v) is 4.98. The minimum absolute atomic E-state index is 0.366. The van der Waals surface area contributed by atoms with Crippen molar-refractivity contribution in [3.63, 3.8) is 0 Å². The number of hydrogen-bond acceptors (Lipinski definition) is 3. The Hall–Kier alpha value is -0.770. The van der Waals surface area contributed by atoms with Crippen molar-refractivity contribution in [1.29, 1.82) is 0 Å². The maximum Gasteiger partial charge on any atom is 0.142 e. The minimum Gasteiger partial charge on any atom is -0.491 e. The molecule has 0 aromatic heterocycles. The molecule has 0 bridgehead atoms. The average Bonchev–Trinajstić information content (AvgIpc) is 3.18. The second-order valence-corrected chi connectivity index (χ2v) is 7.12. The van der Waals surface area contributed by atoms with Gasteiger partial charge in [0.2, 0.25) is 0 Å². The van der Waals surface area contributed by atoms with Gasteiger partial charge in [-0.1, -0.05) is 17.7 Å². The lowest BCUT2D eigenvalue weighted by molar-refractivity contribution is 0.273. The Kier molecular flexibility index (Phi) is 4.43. The van der Waals surface area contributed by atoms with E-state index in [9.17, 15) is 0 Å². The molecule has 4 heteroatoms. The number of ether oxygens (including phenoxy) is 1. The van der Waals surface area contributed by atoms with Gasteiger partial charge in [-0.15, -0.1) is 0 Å². The summed E-state index contributed by atoms with van der Waals surface area (Å²) in [6.07, 6.45) is 3.67. The molecule has 2 aliphatic rings. The van der Waals surface area contributed by atoms with Gasteiger partial charge in [-0.05, 0) is 63.2 Å². The van der Waals surface area contributed by atoms with Gasteiger partial charge in [-0.2, -0.15) is 0 Å². The van der Waals surface area contributed by atoms with Crippen LogP contribution in [0, 0.1) is 18.8 Å². The SMILES string of the molecule is Cc1cc(Cl)c(OCC2CC2)c(C2CC(CN)CN2C)c1. The van der Waals surface area contributed by atoms with Gasteiger partial charge in [0.15, 0.2) is 0 Å². The predicted molar refractivity (Wildman–Crippen MR) is 86.9 cm³/mol. The molecule has 2 fully saturated rings. The van der Waals surface area contributed by atoms with Gasteiger partial charge in [0, 0.05) is 18.2 Å². The molecule has 0 spiro atoms. The smallest absolute Gasteiger partial charge is 0.142 e. The Balaban J connectivity index is 1.87. The number of benzene rings is 1. The second-order valence-electron chi connectivity index (χ2n) is 6.71. The molecule has 1 aromatic carbocycles. The van der Waals surface area contributed by atoms with Crippen LogP contribution in [0.5, 0.6) is 5.75 Å². The molecule has 1 aliphatic carbocycles. The lowest BCUT2D eigenvalue weighted by atomic mass is 9.97. The maximum atomic E-state index is 6.47. The first kappa shape index (κ1) is 15.1. The predicted octanol–water partition coefficient (Wildman–Crippen LogP) is 3.39. The first-order chi connectivity index (χ1) is 10.1. The molecule has 1 saturated carbocycles. The Bertz CT molecular complexity index is 516. The van der Waals surface area contributed by atoms with E-state index in [1.54, 1.807) is 0 Å². The highest BCUT2D eigenvalue weighted by Gasteiger charge is 2.33. The van der Waals surface area contributed by atoms with Crippen molar-refractivity contribution in [1.82, 2.24) is 4.90 Å². The van der Waals surface area contributed by atoms with Crippen LogP contribution in [0.15, 0.2) is 12.1 Å². The Morgan fingerprint density at radius 3 is 2.71 bits per heavy atom. The number of nitrogens with two attached hydrogens (primary N) is 1. The van der Waals surface area contributed by atoms with E-state index in [0.29, 0.717) is 12.0 Å². The summed E-state index contributed by atoms with van der Waals surface area (Å²) in [5.74, 6) is 2.19. The van der Waals surface area contributed by atoms with E-state index in [1.807, 2.05) is 6.07 Å². The first-order valence-electron chi connectivity index (χ1n) is 7.91. The molecule has 116 valence electrons. The fourth-order valence-electron chi connectivity index (χ4n) is 3.28. The van der Waals surface area contributed by atoms with Gasteiger partial charge in [0.1, 0.15) is 5.75 Å². The van der Waals surface area contributed by atoms with E-state index in [1.165, 1.54) is 24.0 Å². The standard InChI is InChI=1S/C17H25ClN2O/c1-11-5-14(16-7-13(8-19)9-20(16)2)17(15(18)6-11)21-10-12-3-4-12/h5-6,12-13,16H,3-4,7-10,19H2,1-2H3. The third-order valence-electron chi connectivity index (χ3n) is 4.70. The van der Waals surface area contributed by atoms with Crippen LogP contribution in [0.2, 0.25) is 5.02 Å². The van der Waals surface area contributed by atoms with Gasteiger partial charge >= 0.3 is 0 Å². The van der Waals surface area contributed by atoms with Crippen LogP contribution in [0.1, 0.15) is 36.4 Å². The van der Waals surface area contributed by atoms with E-state index in [0.717, 1.165) is 42.8 Å². The van der Waals surface area contributed by atoms with Crippen LogP contribution >= 0.6 is 11.6 Å². The summed E-state index contributed by atoms with van der Waals surface area (Å²) in [4.78, 5) is 2.38. The summed E-state index contributed by atoms with van der Waals surface area (Å²) in [6, 6.07) is 4.60. The molecule has 0 amide bonds. The molecule has 3 rings (SSSR count). The van der Waals surface area contributed by atoms with Crippen molar-refractivity contribution in [2.75, 3.05) is 26.7 Å². The van der Waals surface area contributed by atoms with Crippen molar-refractivity contribution < 1.29 is 4.74 Å². The quantitative estimate of drug-likeness (QED) is 0.906. The summed E-state index contributed by atoms with van der Waals surface area (Å²) >= 11 is 6.47. The third kappa shape index (κ3) is 3.36. The second kappa shape index (κ2) is 6.15. The Labute approximate surface area is 132 Å². The summed E-state index contributed by atoms with van der Waals surface area (Å²) in [5.41, 5.74) is 8.29. The Morgan fingerprint density at radius 1 is 1.33 bits per heavy atom.